The Hall–Kier alpha value is -4.84. The van der Waals surface area contributed by atoms with Crippen LogP contribution < -0.4 is 5.32 Å². The van der Waals surface area contributed by atoms with Crippen molar-refractivity contribution >= 4 is 28.7 Å². The zero-order valence-corrected chi connectivity index (χ0v) is 18.6. The number of carbonyl (C=O) groups is 2. The second-order valence-corrected chi connectivity index (χ2v) is 7.93. The summed E-state index contributed by atoms with van der Waals surface area (Å²) in [7, 11) is 0. The second-order valence-electron chi connectivity index (χ2n) is 7.93. The van der Waals surface area contributed by atoms with E-state index in [2.05, 4.69) is 5.32 Å². The first kappa shape index (κ1) is 22.0. The zero-order valence-electron chi connectivity index (χ0n) is 18.6. The number of aromatic carboxylic acids is 1. The van der Waals surface area contributed by atoms with Gasteiger partial charge >= 0.3 is 12.1 Å². The maximum Gasteiger partial charge on any atom is 0.412 e. The largest absolute Gasteiger partial charge is 0.478 e. The van der Waals surface area contributed by atoms with Crippen molar-refractivity contribution in [2.24, 2.45) is 0 Å². The number of carbonyl (C=O) groups excluding carboxylic acids is 1. The van der Waals surface area contributed by atoms with Crippen LogP contribution in [0.15, 0.2) is 108 Å². The van der Waals surface area contributed by atoms with Crippen molar-refractivity contribution in [1.29, 1.82) is 0 Å². The predicted octanol–water partition coefficient (Wildman–Crippen LogP) is 7.21. The fourth-order valence-corrected chi connectivity index (χ4v) is 4.01. The van der Waals surface area contributed by atoms with Crippen LogP contribution in [0.25, 0.3) is 33.2 Å². The summed E-state index contributed by atoms with van der Waals surface area (Å²) in [4.78, 5) is 24.4. The number of fused-ring (bicyclic) bond motifs is 1. The molecule has 0 fully saturated rings. The van der Waals surface area contributed by atoms with Gasteiger partial charge in [-0.2, -0.15) is 0 Å². The molecule has 0 aliphatic carbocycles. The number of ether oxygens (including phenoxy) is 1. The topological polar surface area (TPSA) is 88.8 Å². The molecule has 4 aromatic carbocycles. The Morgan fingerprint density at radius 3 is 2.20 bits per heavy atom. The molecule has 1 amide bonds. The Labute approximate surface area is 201 Å². The van der Waals surface area contributed by atoms with E-state index in [9.17, 15) is 14.7 Å². The molecule has 5 rings (SSSR count). The number of hydrogen-bond acceptors (Lipinski definition) is 4. The van der Waals surface area contributed by atoms with Crippen molar-refractivity contribution in [2.45, 2.75) is 6.61 Å². The quantitative estimate of drug-likeness (QED) is 0.278. The van der Waals surface area contributed by atoms with Crippen LogP contribution in [0, 0.1) is 0 Å². The number of furan rings is 1. The van der Waals surface area contributed by atoms with E-state index in [4.69, 9.17) is 9.15 Å². The van der Waals surface area contributed by atoms with E-state index in [1.165, 1.54) is 6.07 Å². The van der Waals surface area contributed by atoms with Crippen LogP contribution >= 0.6 is 0 Å². The smallest absolute Gasteiger partial charge is 0.412 e. The summed E-state index contributed by atoms with van der Waals surface area (Å²) < 4.78 is 11.2. The molecule has 0 atom stereocenters. The monoisotopic (exact) mass is 463 g/mol. The highest BCUT2D eigenvalue weighted by Crippen LogP contribution is 2.32. The zero-order chi connectivity index (χ0) is 24.2. The molecule has 0 saturated heterocycles. The van der Waals surface area contributed by atoms with E-state index in [0.717, 1.165) is 16.5 Å². The van der Waals surface area contributed by atoms with Gasteiger partial charge in [-0.3, -0.25) is 5.32 Å². The lowest BCUT2D eigenvalue weighted by molar-refractivity contribution is 0.0697. The van der Waals surface area contributed by atoms with Gasteiger partial charge in [-0.1, -0.05) is 72.8 Å². The lowest BCUT2D eigenvalue weighted by Gasteiger charge is -2.14. The van der Waals surface area contributed by atoms with Crippen LogP contribution in [0.4, 0.5) is 10.5 Å². The highest BCUT2D eigenvalue weighted by atomic mass is 16.6. The molecule has 5 aromatic rings. The standard InChI is InChI=1S/C29H21NO5/c31-28(32)24-12-7-13-25(27(24)20-10-5-2-6-11-20)30-29(33)34-18-23-17-22-16-21(14-15-26(22)35-23)19-8-3-1-4-9-19/h1-17H,18H2,(H,30,33)(H,31,32). The Morgan fingerprint density at radius 1 is 0.771 bits per heavy atom. The molecular weight excluding hydrogens is 442 g/mol. The van der Waals surface area contributed by atoms with Crippen molar-refractivity contribution in [1.82, 2.24) is 0 Å². The van der Waals surface area contributed by atoms with Gasteiger partial charge in [0.2, 0.25) is 0 Å². The van der Waals surface area contributed by atoms with Gasteiger partial charge in [0.15, 0.2) is 6.61 Å². The third-order valence-corrected chi connectivity index (χ3v) is 5.61. The summed E-state index contributed by atoms with van der Waals surface area (Å²) in [6.07, 6.45) is -0.713. The first-order chi connectivity index (χ1) is 17.1. The first-order valence-electron chi connectivity index (χ1n) is 11.0. The van der Waals surface area contributed by atoms with Gasteiger partial charge in [0, 0.05) is 10.9 Å². The van der Waals surface area contributed by atoms with Crippen molar-refractivity contribution in [2.75, 3.05) is 5.32 Å². The van der Waals surface area contributed by atoms with Crippen molar-refractivity contribution < 1.29 is 23.8 Å². The van der Waals surface area contributed by atoms with Gasteiger partial charge in [-0.15, -0.1) is 0 Å². The number of nitrogens with one attached hydrogen (secondary N) is 1. The van der Waals surface area contributed by atoms with Gasteiger partial charge in [0.1, 0.15) is 11.3 Å². The van der Waals surface area contributed by atoms with Gasteiger partial charge in [-0.25, -0.2) is 9.59 Å². The van der Waals surface area contributed by atoms with Gasteiger partial charge in [0.05, 0.1) is 11.3 Å². The Kier molecular flexibility index (Phi) is 6.01. The number of carboxylic acids is 1. The Balaban J connectivity index is 1.33. The lowest BCUT2D eigenvalue weighted by atomic mass is 9.97. The van der Waals surface area contributed by atoms with Crippen LogP contribution in [0.2, 0.25) is 0 Å². The van der Waals surface area contributed by atoms with Crippen molar-refractivity contribution in [3.05, 3.63) is 114 Å². The van der Waals surface area contributed by atoms with Crippen molar-refractivity contribution in [3.63, 3.8) is 0 Å². The number of carboxylic acid groups (broad SMARTS) is 1. The highest BCUT2D eigenvalue weighted by Gasteiger charge is 2.18. The molecule has 6 nitrogen and oxygen atoms in total. The minimum atomic E-state index is -1.09. The van der Waals surface area contributed by atoms with E-state index in [-0.39, 0.29) is 12.2 Å². The Bertz CT molecular complexity index is 1510. The fourth-order valence-electron chi connectivity index (χ4n) is 4.01. The molecule has 0 unspecified atom stereocenters. The van der Waals surface area contributed by atoms with E-state index < -0.39 is 12.1 Å². The number of hydrogen-bond donors (Lipinski definition) is 2. The normalized spacial score (nSPS) is 10.7. The number of anilines is 1. The maximum absolute atomic E-state index is 12.6. The average molecular weight is 463 g/mol. The van der Waals surface area contributed by atoms with Gasteiger partial charge < -0.3 is 14.3 Å². The molecule has 2 N–H and O–H groups in total. The molecule has 0 radical (unpaired) electrons. The summed E-state index contributed by atoms with van der Waals surface area (Å²) in [5.74, 6) is -0.582. The molecule has 1 heterocycles. The van der Waals surface area contributed by atoms with Crippen LogP contribution in [0.5, 0.6) is 0 Å². The van der Waals surface area contributed by atoms with Crippen LogP contribution in [0.3, 0.4) is 0 Å². The third kappa shape index (κ3) is 4.77. The van der Waals surface area contributed by atoms with Crippen LogP contribution in [0.1, 0.15) is 16.1 Å². The molecule has 1 aromatic heterocycles. The summed E-state index contributed by atoms with van der Waals surface area (Å²) in [5, 5.41) is 13.2. The maximum atomic E-state index is 12.6. The molecule has 0 spiro atoms. The summed E-state index contributed by atoms with van der Waals surface area (Å²) >= 11 is 0. The Morgan fingerprint density at radius 2 is 1.49 bits per heavy atom. The van der Waals surface area contributed by atoms with E-state index in [1.807, 2.05) is 60.7 Å². The van der Waals surface area contributed by atoms with E-state index in [0.29, 0.717) is 28.2 Å². The van der Waals surface area contributed by atoms with E-state index >= 15 is 0 Å². The summed E-state index contributed by atoms with van der Waals surface area (Å²) in [6, 6.07) is 31.5. The molecular formula is C29H21NO5. The number of amides is 1. The molecule has 172 valence electrons. The van der Waals surface area contributed by atoms with Crippen LogP contribution in [-0.4, -0.2) is 17.2 Å². The first-order valence-corrected chi connectivity index (χ1v) is 11.0. The van der Waals surface area contributed by atoms with Crippen LogP contribution in [-0.2, 0) is 11.3 Å². The SMILES string of the molecule is O=C(Nc1cccc(C(=O)O)c1-c1ccccc1)OCc1cc2cc(-c3ccccc3)ccc2o1. The molecule has 0 bridgehead atoms. The summed E-state index contributed by atoms with van der Waals surface area (Å²) in [6.45, 7) is -0.0690. The molecule has 0 saturated carbocycles. The second kappa shape index (κ2) is 9.57. The minimum absolute atomic E-state index is 0.0690. The lowest BCUT2D eigenvalue weighted by Crippen LogP contribution is -2.15. The minimum Gasteiger partial charge on any atom is -0.478 e. The molecule has 0 aliphatic heterocycles. The average Bonchev–Trinajstić information content (AvgIpc) is 3.30. The predicted molar refractivity (Wildman–Crippen MR) is 134 cm³/mol. The molecule has 35 heavy (non-hydrogen) atoms. The number of rotatable bonds is 6. The van der Waals surface area contributed by atoms with Gasteiger partial charge in [0.25, 0.3) is 0 Å². The van der Waals surface area contributed by atoms with Crippen molar-refractivity contribution in [3.8, 4) is 22.3 Å². The molecule has 6 heteroatoms. The highest BCUT2D eigenvalue weighted by molar-refractivity contribution is 6.02. The van der Waals surface area contributed by atoms with Gasteiger partial charge in [-0.05, 0) is 47.0 Å². The number of benzene rings is 4. The van der Waals surface area contributed by atoms with E-state index in [1.54, 1.807) is 36.4 Å². The molecule has 0 aliphatic rings. The third-order valence-electron chi connectivity index (χ3n) is 5.61. The fraction of sp³-hybridized carbons (Fsp3) is 0.0345. The summed E-state index contributed by atoms with van der Waals surface area (Å²) in [5.41, 5.74) is 4.38.